The van der Waals surface area contributed by atoms with Crippen molar-refractivity contribution in [1.82, 2.24) is 19.9 Å². The summed E-state index contributed by atoms with van der Waals surface area (Å²) in [5, 5.41) is 0. The lowest BCUT2D eigenvalue weighted by molar-refractivity contribution is 1.07. The summed E-state index contributed by atoms with van der Waals surface area (Å²) >= 11 is 0. The quantitative estimate of drug-likeness (QED) is 0.689. The number of benzene rings is 1. The summed E-state index contributed by atoms with van der Waals surface area (Å²) in [4.78, 5) is 15.2. The van der Waals surface area contributed by atoms with Crippen molar-refractivity contribution in [3.8, 4) is 11.4 Å². The summed E-state index contributed by atoms with van der Waals surface area (Å²) in [6.07, 6.45) is 8.53. The first-order valence-corrected chi connectivity index (χ1v) is 5.96. The number of imidazole rings is 2. The van der Waals surface area contributed by atoms with Gasteiger partial charge >= 0.3 is 0 Å². The van der Waals surface area contributed by atoms with Gasteiger partial charge in [-0.3, -0.25) is 0 Å². The van der Waals surface area contributed by atoms with E-state index < -0.39 is 0 Å². The number of aromatic nitrogens is 4. The van der Waals surface area contributed by atoms with Crippen LogP contribution in [0.15, 0.2) is 42.7 Å². The number of hydrogen-bond acceptors (Lipinski definition) is 2. The topological polar surface area (TPSA) is 57.4 Å². The van der Waals surface area contributed by atoms with Crippen molar-refractivity contribution < 1.29 is 0 Å². The number of fused-ring (bicyclic) bond motifs is 1. The molecule has 4 nitrogen and oxygen atoms in total. The summed E-state index contributed by atoms with van der Waals surface area (Å²) < 4.78 is 0. The van der Waals surface area contributed by atoms with E-state index in [0.717, 1.165) is 34.7 Å². The lowest BCUT2D eigenvalue weighted by atomic mass is 10.2. The second kappa shape index (κ2) is 4.49. The Morgan fingerprint density at radius 1 is 1.33 bits per heavy atom. The molecule has 0 saturated heterocycles. The fourth-order valence-electron chi connectivity index (χ4n) is 1.96. The number of aromatic amines is 2. The Hall–Kier alpha value is -2.36. The standard InChI is InChI=1S/C14H14N4/c1-2-3-4-13-17-11-6-5-10(9-12(11)18-13)14-15-7-8-16-14/h2-3,5-9H,4H2,1H3,(H,15,16)(H,17,18). The molecule has 0 atom stereocenters. The van der Waals surface area contributed by atoms with Gasteiger partial charge in [0.15, 0.2) is 0 Å². The largest absolute Gasteiger partial charge is 0.345 e. The van der Waals surface area contributed by atoms with Crippen molar-refractivity contribution >= 4 is 11.0 Å². The third-order valence-electron chi connectivity index (χ3n) is 2.85. The van der Waals surface area contributed by atoms with Gasteiger partial charge in [0.2, 0.25) is 0 Å². The molecular formula is C14H14N4. The molecule has 0 unspecified atom stereocenters. The van der Waals surface area contributed by atoms with Gasteiger partial charge in [-0.1, -0.05) is 12.2 Å². The number of nitrogens with zero attached hydrogens (tertiary/aromatic N) is 2. The van der Waals surface area contributed by atoms with Gasteiger partial charge in [-0.05, 0) is 25.1 Å². The van der Waals surface area contributed by atoms with Crippen molar-refractivity contribution in [3.63, 3.8) is 0 Å². The van der Waals surface area contributed by atoms with Crippen LogP contribution >= 0.6 is 0 Å². The maximum atomic E-state index is 4.54. The summed E-state index contributed by atoms with van der Waals surface area (Å²) in [6.45, 7) is 2.01. The van der Waals surface area contributed by atoms with E-state index in [1.807, 2.05) is 31.3 Å². The highest BCUT2D eigenvalue weighted by molar-refractivity contribution is 5.80. The maximum absolute atomic E-state index is 4.54. The SMILES string of the molecule is CC=CCc1nc2ccc(-c3ncc[nH]3)cc2[nH]1. The molecule has 0 bridgehead atoms. The van der Waals surface area contributed by atoms with Gasteiger partial charge in [0.1, 0.15) is 11.6 Å². The number of hydrogen-bond donors (Lipinski definition) is 2. The van der Waals surface area contributed by atoms with E-state index in [0.29, 0.717) is 0 Å². The Balaban J connectivity index is 2.01. The highest BCUT2D eigenvalue weighted by Crippen LogP contribution is 2.20. The van der Waals surface area contributed by atoms with Crippen LogP contribution in [0, 0.1) is 0 Å². The van der Waals surface area contributed by atoms with Gasteiger partial charge in [0.25, 0.3) is 0 Å². The monoisotopic (exact) mass is 238 g/mol. The molecule has 0 amide bonds. The van der Waals surface area contributed by atoms with E-state index in [-0.39, 0.29) is 0 Å². The Bertz CT molecular complexity index is 677. The van der Waals surface area contributed by atoms with Crippen molar-refractivity contribution in [2.75, 3.05) is 0 Å². The maximum Gasteiger partial charge on any atom is 0.137 e. The third kappa shape index (κ3) is 1.93. The van der Waals surface area contributed by atoms with Crippen LogP contribution in [0.25, 0.3) is 22.4 Å². The Kier molecular flexibility index (Phi) is 2.68. The predicted molar refractivity (Wildman–Crippen MR) is 72.2 cm³/mol. The van der Waals surface area contributed by atoms with Crippen LogP contribution in [0.5, 0.6) is 0 Å². The minimum atomic E-state index is 0.835. The molecule has 4 heteroatoms. The normalized spacial score (nSPS) is 11.6. The zero-order valence-electron chi connectivity index (χ0n) is 10.1. The van der Waals surface area contributed by atoms with Crippen LogP contribution in [0.1, 0.15) is 12.7 Å². The summed E-state index contributed by atoms with van der Waals surface area (Å²) in [7, 11) is 0. The smallest absolute Gasteiger partial charge is 0.137 e. The first-order valence-electron chi connectivity index (χ1n) is 5.96. The van der Waals surface area contributed by atoms with Gasteiger partial charge in [-0.2, -0.15) is 0 Å². The van der Waals surface area contributed by atoms with E-state index in [4.69, 9.17) is 0 Å². The molecule has 0 aliphatic carbocycles. The molecular weight excluding hydrogens is 224 g/mol. The molecule has 0 aliphatic rings. The Morgan fingerprint density at radius 2 is 2.28 bits per heavy atom. The lowest BCUT2D eigenvalue weighted by Crippen LogP contribution is -1.82. The average molecular weight is 238 g/mol. The molecule has 2 N–H and O–H groups in total. The van der Waals surface area contributed by atoms with Crippen molar-refractivity contribution in [2.24, 2.45) is 0 Å². The summed E-state index contributed by atoms with van der Waals surface area (Å²) in [5.74, 6) is 1.86. The van der Waals surface area contributed by atoms with E-state index in [9.17, 15) is 0 Å². The van der Waals surface area contributed by atoms with Crippen molar-refractivity contribution in [1.29, 1.82) is 0 Å². The molecule has 3 rings (SSSR count). The molecule has 0 aliphatic heterocycles. The van der Waals surface area contributed by atoms with Gasteiger partial charge < -0.3 is 9.97 Å². The van der Waals surface area contributed by atoms with E-state index in [2.05, 4.69) is 32.1 Å². The first-order chi connectivity index (χ1) is 8.86. The van der Waals surface area contributed by atoms with Crippen LogP contribution in [0.4, 0.5) is 0 Å². The summed E-state index contributed by atoms with van der Waals surface area (Å²) in [6, 6.07) is 6.12. The van der Waals surface area contributed by atoms with Crippen molar-refractivity contribution in [2.45, 2.75) is 13.3 Å². The molecule has 3 aromatic rings. The summed E-state index contributed by atoms with van der Waals surface area (Å²) in [5.41, 5.74) is 3.10. The fraction of sp³-hybridized carbons (Fsp3) is 0.143. The molecule has 2 aromatic heterocycles. The van der Waals surface area contributed by atoms with Gasteiger partial charge in [0.05, 0.1) is 11.0 Å². The fourth-order valence-corrected chi connectivity index (χ4v) is 1.96. The van der Waals surface area contributed by atoms with Crippen LogP contribution in [-0.4, -0.2) is 19.9 Å². The highest BCUT2D eigenvalue weighted by atomic mass is 14.9. The van der Waals surface area contributed by atoms with Crippen LogP contribution in [-0.2, 0) is 6.42 Å². The van der Waals surface area contributed by atoms with Gasteiger partial charge in [-0.15, -0.1) is 0 Å². The second-order valence-corrected chi connectivity index (χ2v) is 4.13. The highest BCUT2D eigenvalue weighted by Gasteiger charge is 2.05. The molecule has 0 radical (unpaired) electrons. The van der Waals surface area contributed by atoms with E-state index in [1.165, 1.54) is 0 Å². The minimum Gasteiger partial charge on any atom is -0.345 e. The predicted octanol–water partition coefficient (Wildman–Crippen LogP) is 3.07. The van der Waals surface area contributed by atoms with Crippen molar-refractivity contribution in [3.05, 3.63) is 48.6 Å². The number of allylic oxidation sites excluding steroid dienone is 2. The molecule has 0 spiro atoms. The molecule has 2 heterocycles. The average Bonchev–Trinajstić information content (AvgIpc) is 3.03. The van der Waals surface area contributed by atoms with E-state index in [1.54, 1.807) is 6.20 Å². The second-order valence-electron chi connectivity index (χ2n) is 4.13. The number of nitrogens with one attached hydrogen (secondary N) is 2. The lowest BCUT2D eigenvalue weighted by Gasteiger charge is -1.95. The molecule has 90 valence electrons. The minimum absolute atomic E-state index is 0.835. The van der Waals surface area contributed by atoms with E-state index >= 15 is 0 Å². The first kappa shape index (κ1) is 10.8. The third-order valence-corrected chi connectivity index (χ3v) is 2.85. The molecule has 0 saturated carbocycles. The van der Waals surface area contributed by atoms with Crippen LogP contribution in [0.2, 0.25) is 0 Å². The van der Waals surface area contributed by atoms with Gasteiger partial charge in [-0.25, -0.2) is 9.97 Å². The molecule has 1 aromatic carbocycles. The van der Waals surface area contributed by atoms with Gasteiger partial charge in [0, 0.05) is 24.4 Å². The zero-order chi connectivity index (χ0) is 12.4. The number of rotatable bonds is 3. The van der Waals surface area contributed by atoms with Crippen LogP contribution in [0.3, 0.4) is 0 Å². The zero-order valence-corrected chi connectivity index (χ0v) is 10.1. The molecule has 0 fully saturated rings. The van der Waals surface area contributed by atoms with Crippen LogP contribution < -0.4 is 0 Å². The molecule has 18 heavy (non-hydrogen) atoms. The Morgan fingerprint density at radius 3 is 3.06 bits per heavy atom. The Labute approximate surface area is 105 Å². The number of H-pyrrole nitrogens is 2.